The molecule has 1 saturated heterocycles. The van der Waals surface area contributed by atoms with E-state index in [0.717, 1.165) is 17.7 Å². The van der Waals surface area contributed by atoms with Crippen molar-refractivity contribution in [1.82, 2.24) is 14.5 Å². The van der Waals surface area contributed by atoms with Crippen LogP contribution in [-0.4, -0.2) is 41.8 Å². The van der Waals surface area contributed by atoms with E-state index in [1.807, 2.05) is 24.4 Å². The minimum Gasteiger partial charge on any atom is -0.420 e. The summed E-state index contributed by atoms with van der Waals surface area (Å²) in [5, 5.41) is 10.2. The van der Waals surface area contributed by atoms with Crippen molar-refractivity contribution < 1.29 is 12.8 Å². The van der Waals surface area contributed by atoms with Crippen molar-refractivity contribution >= 4 is 21.4 Å². The molecule has 1 aliphatic heterocycles. The molecule has 0 aromatic carbocycles. The Morgan fingerprint density at radius 3 is 3.05 bits per heavy atom. The van der Waals surface area contributed by atoms with Crippen LogP contribution in [0.25, 0.3) is 10.8 Å². The van der Waals surface area contributed by atoms with Crippen LogP contribution in [0.3, 0.4) is 0 Å². The molecule has 8 heteroatoms. The highest BCUT2D eigenvalue weighted by Crippen LogP contribution is 2.30. The summed E-state index contributed by atoms with van der Waals surface area (Å²) in [6, 6.07) is 3.87. The van der Waals surface area contributed by atoms with Gasteiger partial charge in [-0.2, -0.15) is 0 Å². The Kier molecular flexibility index (Phi) is 4.60. The molecule has 120 valence electrons. The molecule has 0 radical (unpaired) electrons. The van der Waals surface area contributed by atoms with Crippen LogP contribution in [0.1, 0.15) is 38.0 Å². The quantitative estimate of drug-likeness (QED) is 0.836. The molecule has 3 heterocycles. The van der Waals surface area contributed by atoms with E-state index in [1.165, 1.54) is 0 Å². The van der Waals surface area contributed by atoms with E-state index in [2.05, 4.69) is 10.2 Å². The van der Waals surface area contributed by atoms with Gasteiger partial charge in [0.25, 0.3) is 5.89 Å². The Morgan fingerprint density at radius 1 is 1.45 bits per heavy atom. The molecule has 1 aliphatic rings. The summed E-state index contributed by atoms with van der Waals surface area (Å²) in [6.07, 6.45) is 2.33. The van der Waals surface area contributed by atoms with Crippen molar-refractivity contribution in [2.75, 3.05) is 18.8 Å². The third-order valence-electron chi connectivity index (χ3n) is 3.76. The SMILES string of the molecule is CCCS(=O)(=O)N1CCCC(c2nnc(-c3cccs3)o2)C1. The lowest BCUT2D eigenvalue weighted by molar-refractivity contribution is 0.286. The molecule has 0 amide bonds. The lowest BCUT2D eigenvalue weighted by atomic mass is 10.00. The molecule has 3 rings (SSSR count). The topological polar surface area (TPSA) is 76.3 Å². The Bertz CT molecular complexity index is 710. The van der Waals surface area contributed by atoms with Crippen molar-refractivity contribution in [3.63, 3.8) is 0 Å². The number of hydrogen-bond donors (Lipinski definition) is 0. The molecule has 0 aliphatic carbocycles. The second-order valence-corrected chi connectivity index (χ2v) is 8.47. The van der Waals surface area contributed by atoms with E-state index in [4.69, 9.17) is 4.42 Å². The van der Waals surface area contributed by atoms with Crippen LogP contribution in [0.5, 0.6) is 0 Å². The summed E-state index contributed by atoms with van der Waals surface area (Å²) < 4.78 is 31.8. The second-order valence-electron chi connectivity index (χ2n) is 5.44. The maximum Gasteiger partial charge on any atom is 0.257 e. The fourth-order valence-electron chi connectivity index (χ4n) is 2.68. The number of aromatic nitrogens is 2. The van der Waals surface area contributed by atoms with Crippen LogP contribution < -0.4 is 0 Å². The van der Waals surface area contributed by atoms with Gasteiger partial charge in [-0.3, -0.25) is 0 Å². The average Bonchev–Trinajstić information content (AvgIpc) is 3.18. The highest BCUT2D eigenvalue weighted by atomic mass is 32.2. The van der Waals surface area contributed by atoms with Crippen LogP contribution in [0.15, 0.2) is 21.9 Å². The van der Waals surface area contributed by atoms with E-state index in [-0.39, 0.29) is 11.7 Å². The van der Waals surface area contributed by atoms with Crippen LogP contribution in [-0.2, 0) is 10.0 Å². The highest BCUT2D eigenvalue weighted by Gasteiger charge is 2.31. The van der Waals surface area contributed by atoms with E-state index in [9.17, 15) is 8.42 Å². The van der Waals surface area contributed by atoms with Crippen LogP contribution in [0, 0.1) is 0 Å². The Labute approximate surface area is 134 Å². The van der Waals surface area contributed by atoms with Gasteiger partial charge in [-0.25, -0.2) is 12.7 Å². The Morgan fingerprint density at radius 2 is 2.32 bits per heavy atom. The summed E-state index contributed by atoms with van der Waals surface area (Å²) in [6.45, 7) is 2.91. The maximum atomic E-state index is 12.2. The first-order valence-corrected chi connectivity index (χ1v) is 9.94. The third kappa shape index (κ3) is 3.23. The monoisotopic (exact) mass is 341 g/mol. The molecule has 1 fully saturated rings. The molecule has 0 saturated carbocycles. The van der Waals surface area contributed by atoms with Crippen LogP contribution in [0.4, 0.5) is 0 Å². The summed E-state index contributed by atoms with van der Waals surface area (Å²) >= 11 is 1.54. The predicted octanol–water partition coefficient (Wildman–Crippen LogP) is 2.72. The Hall–Kier alpha value is -1.25. The molecule has 1 unspecified atom stereocenters. The molecule has 1 atom stereocenters. The van der Waals surface area contributed by atoms with Gasteiger partial charge in [0, 0.05) is 13.1 Å². The van der Waals surface area contributed by atoms with E-state index in [1.54, 1.807) is 15.6 Å². The van der Waals surface area contributed by atoms with Gasteiger partial charge in [0.15, 0.2) is 0 Å². The van der Waals surface area contributed by atoms with E-state index in [0.29, 0.717) is 31.3 Å². The van der Waals surface area contributed by atoms with Crippen molar-refractivity contribution in [2.24, 2.45) is 0 Å². The first kappa shape index (κ1) is 15.6. The largest absolute Gasteiger partial charge is 0.420 e. The van der Waals surface area contributed by atoms with E-state index < -0.39 is 10.0 Å². The number of hydrogen-bond acceptors (Lipinski definition) is 6. The summed E-state index contributed by atoms with van der Waals surface area (Å²) in [7, 11) is -3.17. The number of sulfonamides is 1. The molecule has 0 N–H and O–H groups in total. The lowest BCUT2D eigenvalue weighted by Gasteiger charge is -2.30. The number of piperidine rings is 1. The number of rotatable bonds is 5. The standard InChI is InChI=1S/C14H19N3O3S2/c1-2-9-22(18,19)17-7-3-5-11(10-17)13-15-16-14(20-13)12-6-4-8-21-12/h4,6,8,11H,2-3,5,7,9-10H2,1H3. The van der Waals surface area contributed by atoms with Crippen molar-refractivity contribution in [2.45, 2.75) is 32.1 Å². The fourth-order valence-corrected chi connectivity index (χ4v) is 4.92. The lowest BCUT2D eigenvalue weighted by Crippen LogP contribution is -2.40. The fraction of sp³-hybridized carbons (Fsp3) is 0.571. The smallest absolute Gasteiger partial charge is 0.257 e. The van der Waals surface area contributed by atoms with Crippen molar-refractivity contribution in [1.29, 1.82) is 0 Å². The van der Waals surface area contributed by atoms with Gasteiger partial charge in [-0.05, 0) is 30.7 Å². The zero-order valence-electron chi connectivity index (χ0n) is 12.4. The minimum absolute atomic E-state index is 0.0124. The summed E-state index contributed by atoms with van der Waals surface area (Å²) in [4.78, 5) is 0.935. The summed E-state index contributed by atoms with van der Waals surface area (Å²) in [5.41, 5.74) is 0. The van der Waals surface area contributed by atoms with Gasteiger partial charge in [0.2, 0.25) is 15.9 Å². The van der Waals surface area contributed by atoms with Crippen molar-refractivity contribution in [3.8, 4) is 10.8 Å². The average molecular weight is 341 g/mol. The van der Waals surface area contributed by atoms with E-state index >= 15 is 0 Å². The van der Waals surface area contributed by atoms with Crippen LogP contribution in [0.2, 0.25) is 0 Å². The van der Waals surface area contributed by atoms with Gasteiger partial charge < -0.3 is 4.42 Å². The normalized spacial score (nSPS) is 20.3. The number of nitrogens with zero attached hydrogens (tertiary/aromatic N) is 3. The maximum absolute atomic E-state index is 12.2. The van der Waals surface area contributed by atoms with Gasteiger partial charge in [0.1, 0.15) is 0 Å². The van der Waals surface area contributed by atoms with Crippen LogP contribution >= 0.6 is 11.3 Å². The van der Waals surface area contributed by atoms with Gasteiger partial charge in [0.05, 0.1) is 16.5 Å². The Balaban J connectivity index is 1.75. The third-order valence-corrected chi connectivity index (χ3v) is 6.66. The first-order valence-electron chi connectivity index (χ1n) is 7.45. The highest BCUT2D eigenvalue weighted by molar-refractivity contribution is 7.89. The summed E-state index contributed by atoms with van der Waals surface area (Å²) in [5.74, 6) is 1.24. The molecule has 6 nitrogen and oxygen atoms in total. The molecule has 22 heavy (non-hydrogen) atoms. The molecule has 2 aromatic rings. The van der Waals surface area contributed by atoms with Gasteiger partial charge in [-0.1, -0.05) is 13.0 Å². The van der Waals surface area contributed by atoms with Gasteiger partial charge >= 0.3 is 0 Å². The first-order chi connectivity index (χ1) is 10.6. The molecular weight excluding hydrogens is 322 g/mol. The predicted molar refractivity (Wildman–Crippen MR) is 85.2 cm³/mol. The zero-order chi connectivity index (χ0) is 15.6. The molecule has 0 bridgehead atoms. The molecule has 2 aromatic heterocycles. The molecule has 0 spiro atoms. The molecular formula is C14H19N3O3S2. The second kappa shape index (κ2) is 6.47. The number of thiophene rings is 1. The minimum atomic E-state index is -3.17. The zero-order valence-corrected chi connectivity index (χ0v) is 14.1. The van der Waals surface area contributed by atoms with Gasteiger partial charge in [-0.15, -0.1) is 21.5 Å². The van der Waals surface area contributed by atoms with Crippen molar-refractivity contribution in [3.05, 3.63) is 23.4 Å².